The van der Waals surface area contributed by atoms with Crippen LogP contribution in [0.3, 0.4) is 0 Å². The summed E-state index contributed by atoms with van der Waals surface area (Å²) in [4.78, 5) is 14.3. The van der Waals surface area contributed by atoms with E-state index in [1.54, 1.807) is 18.2 Å². The number of halogens is 1. The molecule has 1 N–H and O–H groups in total. The van der Waals surface area contributed by atoms with Crippen molar-refractivity contribution in [3.05, 3.63) is 35.6 Å². The molecule has 2 aliphatic rings. The second kappa shape index (κ2) is 7.23. The number of nitrogens with zero attached hydrogens (tertiary/aromatic N) is 1. The Morgan fingerprint density at radius 2 is 1.77 bits per heavy atom. The molecule has 1 aromatic carbocycles. The molecular formula is C18H25FN2O. The van der Waals surface area contributed by atoms with Crippen molar-refractivity contribution in [3.63, 3.8) is 0 Å². The molecule has 120 valence electrons. The van der Waals surface area contributed by atoms with Crippen LogP contribution in [-0.4, -0.2) is 36.0 Å². The summed E-state index contributed by atoms with van der Waals surface area (Å²) in [5.41, 5.74) is 0.195. The third-order valence-electron chi connectivity index (χ3n) is 4.89. The third kappa shape index (κ3) is 3.67. The fourth-order valence-electron chi connectivity index (χ4n) is 3.71. The molecule has 0 spiro atoms. The maximum absolute atomic E-state index is 13.8. The molecule has 1 aliphatic carbocycles. The Balaban J connectivity index is 1.60. The first kappa shape index (κ1) is 15.5. The predicted octanol–water partition coefficient (Wildman–Crippen LogP) is 3.35. The highest BCUT2D eigenvalue weighted by Gasteiger charge is 2.27. The lowest BCUT2D eigenvalue weighted by atomic mass is 9.93. The fraction of sp³-hybridized carbons (Fsp3) is 0.611. The van der Waals surface area contributed by atoms with Gasteiger partial charge in [-0.2, -0.15) is 0 Å². The number of rotatable bonds is 3. The Hall–Kier alpha value is -1.42. The van der Waals surface area contributed by atoms with E-state index in [2.05, 4.69) is 5.32 Å². The van der Waals surface area contributed by atoms with E-state index in [0.29, 0.717) is 18.6 Å². The quantitative estimate of drug-likeness (QED) is 0.929. The maximum atomic E-state index is 13.8. The van der Waals surface area contributed by atoms with Crippen LogP contribution in [0.2, 0.25) is 0 Å². The summed E-state index contributed by atoms with van der Waals surface area (Å²) in [7, 11) is 0. The summed E-state index contributed by atoms with van der Waals surface area (Å²) >= 11 is 0. The molecule has 2 fully saturated rings. The van der Waals surface area contributed by atoms with Crippen LogP contribution in [-0.2, 0) is 0 Å². The number of amides is 1. The molecule has 0 bridgehead atoms. The first-order valence-corrected chi connectivity index (χ1v) is 8.54. The predicted molar refractivity (Wildman–Crippen MR) is 85.3 cm³/mol. The van der Waals surface area contributed by atoms with Gasteiger partial charge in [0.05, 0.1) is 5.56 Å². The van der Waals surface area contributed by atoms with E-state index < -0.39 is 5.82 Å². The van der Waals surface area contributed by atoms with Gasteiger partial charge in [0.25, 0.3) is 5.91 Å². The lowest BCUT2D eigenvalue weighted by molar-refractivity contribution is 0.0681. The van der Waals surface area contributed by atoms with Crippen LogP contribution in [0.1, 0.15) is 55.3 Å². The van der Waals surface area contributed by atoms with E-state index in [0.717, 1.165) is 19.4 Å². The highest BCUT2D eigenvalue weighted by Crippen LogP contribution is 2.21. The first-order valence-electron chi connectivity index (χ1n) is 8.54. The monoisotopic (exact) mass is 304 g/mol. The van der Waals surface area contributed by atoms with E-state index in [-0.39, 0.29) is 11.5 Å². The lowest BCUT2D eigenvalue weighted by Crippen LogP contribution is -2.51. The van der Waals surface area contributed by atoms with Crippen LogP contribution in [0.4, 0.5) is 4.39 Å². The smallest absolute Gasteiger partial charge is 0.256 e. The zero-order valence-corrected chi connectivity index (χ0v) is 13.1. The molecule has 1 atom stereocenters. The summed E-state index contributed by atoms with van der Waals surface area (Å²) < 4.78 is 13.8. The number of carbonyl (C=O) groups excluding carboxylic acids is 1. The van der Waals surface area contributed by atoms with E-state index in [4.69, 9.17) is 0 Å². The zero-order valence-electron chi connectivity index (χ0n) is 13.1. The van der Waals surface area contributed by atoms with Crippen molar-refractivity contribution in [1.82, 2.24) is 10.2 Å². The van der Waals surface area contributed by atoms with Gasteiger partial charge in [-0.1, -0.05) is 31.4 Å². The van der Waals surface area contributed by atoms with Crippen molar-refractivity contribution in [2.45, 2.75) is 57.0 Å². The summed E-state index contributed by atoms with van der Waals surface area (Å²) in [5, 5.41) is 3.72. The highest BCUT2D eigenvalue weighted by molar-refractivity contribution is 5.94. The van der Waals surface area contributed by atoms with Gasteiger partial charge in [0.1, 0.15) is 5.82 Å². The Kier molecular flexibility index (Phi) is 5.08. The normalized spacial score (nSPS) is 23.5. The van der Waals surface area contributed by atoms with E-state index in [1.165, 1.54) is 38.2 Å². The standard InChI is InChI=1S/C18H25FN2O/c19-17-11-5-4-10-16(17)18(22)21-12-6-9-15(13-21)20-14-7-2-1-3-8-14/h4-5,10-11,14-15,20H,1-3,6-9,12-13H2. The average molecular weight is 304 g/mol. The molecule has 0 radical (unpaired) electrons. The van der Waals surface area contributed by atoms with Gasteiger partial charge in [-0.3, -0.25) is 4.79 Å². The van der Waals surface area contributed by atoms with Crippen LogP contribution in [0.5, 0.6) is 0 Å². The zero-order chi connectivity index (χ0) is 15.4. The molecule has 3 rings (SSSR count). The number of nitrogens with one attached hydrogen (secondary N) is 1. The van der Waals surface area contributed by atoms with Gasteiger partial charge in [0.2, 0.25) is 0 Å². The minimum absolute atomic E-state index is 0.173. The average Bonchev–Trinajstić information content (AvgIpc) is 2.56. The van der Waals surface area contributed by atoms with E-state index >= 15 is 0 Å². The number of piperidine rings is 1. The molecule has 1 heterocycles. The van der Waals surface area contributed by atoms with Crippen LogP contribution in [0.15, 0.2) is 24.3 Å². The Morgan fingerprint density at radius 1 is 1.05 bits per heavy atom. The first-order chi connectivity index (χ1) is 10.7. The van der Waals surface area contributed by atoms with Gasteiger partial charge in [-0.25, -0.2) is 4.39 Å². The molecule has 1 aromatic rings. The number of hydrogen-bond acceptors (Lipinski definition) is 2. The lowest BCUT2D eigenvalue weighted by Gasteiger charge is -2.36. The molecule has 1 amide bonds. The molecule has 0 aromatic heterocycles. The van der Waals surface area contributed by atoms with Crippen LogP contribution < -0.4 is 5.32 Å². The molecule has 4 heteroatoms. The number of hydrogen-bond donors (Lipinski definition) is 1. The van der Waals surface area contributed by atoms with Crippen molar-refractivity contribution in [2.75, 3.05) is 13.1 Å². The third-order valence-corrected chi connectivity index (χ3v) is 4.89. The molecule has 22 heavy (non-hydrogen) atoms. The SMILES string of the molecule is O=C(c1ccccc1F)N1CCCC(NC2CCCCC2)C1. The van der Waals surface area contributed by atoms with Gasteiger partial charge < -0.3 is 10.2 Å². The van der Waals surface area contributed by atoms with Crippen molar-refractivity contribution in [2.24, 2.45) is 0 Å². The fourth-order valence-corrected chi connectivity index (χ4v) is 3.71. The largest absolute Gasteiger partial charge is 0.337 e. The van der Waals surface area contributed by atoms with E-state index in [9.17, 15) is 9.18 Å². The second-order valence-electron chi connectivity index (χ2n) is 6.57. The van der Waals surface area contributed by atoms with Crippen molar-refractivity contribution >= 4 is 5.91 Å². The number of likely N-dealkylation sites (tertiary alicyclic amines) is 1. The Bertz CT molecular complexity index is 514. The Morgan fingerprint density at radius 3 is 2.55 bits per heavy atom. The maximum Gasteiger partial charge on any atom is 0.256 e. The summed E-state index contributed by atoms with van der Waals surface area (Å²) in [6.07, 6.45) is 8.56. The van der Waals surface area contributed by atoms with Crippen LogP contribution >= 0.6 is 0 Å². The number of benzene rings is 1. The molecule has 1 unspecified atom stereocenters. The summed E-state index contributed by atoms with van der Waals surface area (Å²) in [6, 6.07) is 7.23. The second-order valence-corrected chi connectivity index (χ2v) is 6.57. The molecule has 3 nitrogen and oxygen atoms in total. The minimum Gasteiger partial charge on any atom is -0.337 e. The molecule has 1 aliphatic heterocycles. The van der Waals surface area contributed by atoms with Crippen LogP contribution in [0.25, 0.3) is 0 Å². The molecule has 1 saturated heterocycles. The topological polar surface area (TPSA) is 32.3 Å². The van der Waals surface area contributed by atoms with E-state index in [1.807, 2.05) is 4.90 Å². The molecule has 1 saturated carbocycles. The van der Waals surface area contributed by atoms with Crippen molar-refractivity contribution in [1.29, 1.82) is 0 Å². The highest BCUT2D eigenvalue weighted by atomic mass is 19.1. The molecular weight excluding hydrogens is 279 g/mol. The van der Waals surface area contributed by atoms with Crippen molar-refractivity contribution in [3.8, 4) is 0 Å². The van der Waals surface area contributed by atoms with Crippen LogP contribution in [0, 0.1) is 5.82 Å². The van der Waals surface area contributed by atoms with Gasteiger partial charge in [0, 0.05) is 25.2 Å². The Labute approximate surface area is 131 Å². The van der Waals surface area contributed by atoms with Gasteiger partial charge >= 0.3 is 0 Å². The van der Waals surface area contributed by atoms with Crippen molar-refractivity contribution < 1.29 is 9.18 Å². The summed E-state index contributed by atoms with van der Waals surface area (Å²) in [5.74, 6) is -0.594. The number of carbonyl (C=O) groups is 1. The minimum atomic E-state index is -0.421. The van der Waals surface area contributed by atoms with Gasteiger partial charge in [-0.05, 0) is 37.8 Å². The van der Waals surface area contributed by atoms with Gasteiger partial charge in [0.15, 0.2) is 0 Å². The van der Waals surface area contributed by atoms with Gasteiger partial charge in [-0.15, -0.1) is 0 Å². The summed E-state index contributed by atoms with van der Waals surface area (Å²) in [6.45, 7) is 1.43.